The van der Waals surface area contributed by atoms with Crippen molar-refractivity contribution in [2.45, 2.75) is 59.0 Å². The lowest BCUT2D eigenvalue weighted by molar-refractivity contribution is -0.143. The van der Waals surface area contributed by atoms with E-state index in [0.29, 0.717) is 0 Å². The minimum Gasteiger partial charge on any atom is -0.459 e. The van der Waals surface area contributed by atoms with E-state index in [2.05, 4.69) is 13.8 Å². The minimum absolute atomic E-state index is 0.0525. The van der Waals surface area contributed by atoms with Gasteiger partial charge in [0.15, 0.2) is 0 Å². The molecule has 0 N–H and O–H groups in total. The Labute approximate surface area is 122 Å². The highest BCUT2D eigenvalue weighted by Gasteiger charge is 2.09. The van der Waals surface area contributed by atoms with Gasteiger partial charge < -0.3 is 4.74 Å². The molecule has 1 unspecified atom stereocenters. The van der Waals surface area contributed by atoms with Crippen LogP contribution in [0.1, 0.15) is 57.1 Å². The molecular weight excluding hydrogens is 248 g/mol. The average Bonchev–Trinajstić information content (AvgIpc) is 2.46. The van der Waals surface area contributed by atoms with Crippen LogP contribution in [0.3, 0.4) is 0 Å². The van der Waals surface area contributed by atoms with E-state index in [4.69, 9.17) is 4.74 Å². The van der Waals surface area contributed by atoms with Crippen LogP contribution < -0.4 is 0 Å². The smallest absolute Gasteiger partial charge is 0.331 e. The Morgan fingerprint density at radius 1 is 1.20 bits per heavy atom. The largest absolute Gasteiger partial charge is 0.459 e. The Balaban J connectivity index is 2.42. The van der Waals surface area contributed by atoms with E-state index in [0.717, 1.165) is 24.8 Å². The van der Waals surface area contributed by atoms with Crippen molar-refractivity contribution in [3.05, 3.63) is 41.5 Å². The molecule has 2 heteroatoms. The van der Waals surface area contributed by atoms with Gasteiger partial charge >= 0.3 is 5.97 Å². The summed E-state index contributed by atoms with van der Waals surface area (Å²) in [6, 6.07) is 8.06. The number of carbonyl (C=O) groups is 1. The summed E-state index contributed by atoms with van der Waals surface area (Å²) in [5, 5.41) is 0. The molecule has 20 heavy (non-hydrogen) atoms. The second kappa shape index (κ2) is 9.35. The molecule has 0 radical (unpaired) electrons. The Morgan fingerprint density at radius 2 is 1.90 bits per heavy atom. The van der Waals surface area contributed by atoms with Crippen molar-refractivity contribution in [1.82, 2.24) is 0 Å². The number of hydrogen-bond donors (Lipinski definition) is 0. The first-order chi connectivity index (χ1) is 9.65. The minimum atomic E-state index is -0.242. The van der Waals surface area contributed by atoms with Gasteiger partial charge in [-0.15, -0.1) is 0 Å². The SMILES string of the molecule is CCCCCC(CC)OC(=O)C=Cc1ccc(C)cc1. The molecule has 0 fully saturated rings. The van der Waals surface area contributed by atoms with Crippen molar-refractivity contribution >= 4 is 12.0 Å². The summed E-state index contributed by atoms with van der Waals surface area (Å²) in [7, 11) is 0. The summed E-state index contributed by atoms with van der Waals surface area (Å²) in [5.74, 6) is -0.242. The highest BCUT2D eigenvalue weighted by Crippen LogP contribution is 2.11. The third-order valence-corrected chi connectivity index (χ3v) is 3.36. The summed E-state index contributed by atoms with van der Waals surface area (Å²) in [6.07, 6.45) is 8.75. The number of hydrogen-bond acceptors (Lipinski definition) is 2. The van der Waals surface area contributed by atoms with E-state index in [-0.39, 0.29) is 12.1 Å². The van der Waals surface area contributed by atoms with Crippen LogP contribution in [0, 0.1) is 6.92 Å². The van der Waals surface area contributed by atoms with Gasteiger partial charge in [0.2, 0.25) is 0 Å². The Bertz CT molecular complexity index is 418. The molecule has 0 aliphatic rings. The summed E-state index contributed by atoms with van der Waals surface area (Å²) < 4.78 is 5.47. The van der Waals surface area contributed by atoms with Crippen molar-refractivity contribution in [3.8, 4) is 0 Å². The van der Waals surface area contributed by atoms with Gasteiger partial charge in [0.05, 0.1) is 0 Å². The zero-order valence-corrected chi connectivity index (χ0v) is 12.9. The highest BCUT2D eigenvalue weighted by molar-refractivity contribution is 5.87. The summed E-state index contributed by atoms with van der Waals surface area (Å²) in [6.45, 7) is 6.29. The molecule has 1 rings (SSSR count). The lowest BCUT2D eigenvalue weighted by atomic mass is 10.1. The molecule has 110 valence electrons. The predicted molar refractivity (Wildman–Crippen MR) is 84.5 cm³/mol. The van der Waals surface area contributed by atoms with Gasteiger partial charge in [0, 0.05) is 6.08 Å². The van der Waals surface area contributed by atoms with E-state index in [9.17, 15) is 4.79 Å². The lowest BCUT2D eigenvalue weighted by Crippen LogP contribution is -2.15. The van der Waals surface area contributed by atoms with Crippen molar-refractivity contribution in [1.29, 1.82) is 0 Å². The second-order valence-electron chi connectivity index (χ2n) is 5.21. The number of unbranched alkanes of at least 4 members (excludes halogenated alkanes) is 2. The number of carbonyl (C=O) groups excluding carboxylic acids is 1. The zero-order chi connectivity index (χ0) is 14.8. The quantitative estimate of drug-likeness (QED) is 0.382. The number of ether oxygens (including phenoxy) is 1. The van der Waals surface area contributed by atoms with Crippen LogP contribution in [-0.4, -0.2) is 12.1 Å². The van der Waals surface area contributed by atoms with Crippen LogP contribution in [0.5, 0.6) is 0 Å². The fraction of sp³-hybridized carbons (Fsp3) is 0.500. The fourth-order valence-corrected chi connectivity index (χ4v) is 2.01. The first-order valence-corrected chi connectivity index (χ1v) is 7.61. The molecule has 1 atom stereocenters. The molecular formula is C18H26O2. The van der Waals surface area contributed by atoms with E-state index in [1.54, 1.807) is 6.08 Å². The van der Waals surface area contributed by atoms with Gasteiger partial charge in [-0.1, -0.05) is 56.5 Å². The van der Waals surface area contributed by atoms with Gasteiger partial charge in [-0.05, 0) is 37.8 Å². The van der Waals surface area contributed by atoms with Crippen LogP contribution in [-0.2, 0) is 9.53 Å². The summed E-state index contributed by atoms with van der Waals surface area (Å²) in [5.41, 5.74) is 2.23. The molecule has 0 amide bonds. The topological polar surface area (TPSA) is 26.3 Å². The Kier molecular flexibility index (Phi) is 7.71. The molecule has 0 aliphatic carbocycles. The van der Waals surface area contributed by atoms with Gasteiger partial charge in [-0.2, -0.15) is 0 Å². The van der Waals surface area contributed by atoms with Crippen molar-refractivity contribution in [2.75, 3.05) is 0 Å². The number of rotatable bonds is 8. The van der Waals surface area contributed by atoms with Crippen LogP contribution in [0.4, 0.5) is 0 Å². The fourth-order valence-electron chi connectivity index (χ4n) is 2.01. The van der Waals surface area contributed by atoms with Gasteiger partial charge in [0.1, 0.15) is 6.10 Å². The summed E-state index contributed by atoms with van der Waals surface area (Å²) in [4.78, 5) is 11.8. The number of esters is 1. The van der Waals surface area contributed by atoms with E-state index < -0.39 is 0 Å². The predicted octanol–water partition coefficient (Wildman–Crippen LogP) is 4.91. The van der Waals surface area contributed by atoms with Gasteiger partial charge in [-0.25, -0.2) is 4.79 Å². The molecule has 0 saturated heterocycles. The number of aryl methyl sites for hydroxylation is 1. The maximum Gasteiger partial charge on any atom is 0.331 e. The average molecular weight is 274 g/mol. The molecule has 0 saturated carbocycles. The molecule has 0 aliphatic heterocycles. The third-order valence-electron chi connectivity index (χ3n) is 3.36. The van der Waals surface area contributed by atoms with E-state index in [1.165, 1.54) is 24.5 Å². The molecule has 0 aromatic heterocycles. The van der Waals surface area contributed by atoms with E-state index in [1.807, 2.05) is 31.2 Å². The highest BCUT2D eigenvalue weighted by atomic mass is 16.5. The van der Waals surface area contributed by atoms with Gasteiger partial charge in [-0.3, -0.25) is 0 Å². The standard InChI is InChI=1S/C18H26O2/c1-4-6-7-8-17(5-2)20-18(19)14-13-16-11-9-15(3)10-12-16/h9-14,17H,4-8H2,1-3H3. The zero-order valence-electron chi connectivity index (χ0n) is 12.9. The van der Waals surface area contributed by atoms with Crippen LogP contribution >= 0.6 is 0 Å². The van der Waals surface area contributed by atoms with Crippen LogP contribution in [0.2, 0.25) is 0 Å². The molecule has 2 nitrogen and oxygen atoms in total. The maximum atomic E-state index is 11.8. The van der Waals surface area contributed by atoms with Crippen molar-refractivity contribution in [3.63, 3.8) is 0 Å². The molecule has 1 aromatic carbocycles. The molecule has 0 heterocycles. The van der Waals surface area contributed by atoms with E-state index >= 15 is 0 Å². The first kappa shape index (κ1) is 16.5. The second-order valence-corrected chi connectivity index (χ2v) is 5.21. The lowest BCUT2D eigenvalue weighted by Gasteiger charge is -2.14. The van der Waals surface area contributed by atoms with Crippen molar-refractivity contribution < 1.29 is 9.53 Å². The monoisotopic (exact) mass is 274 g/mol. The molecule has 0 spiro atoms. The van der Waals surface area contributed by atoms with Crippen LogP contribution in [0.25, 0.3) is 6.08 Å². The van der Waals surface area contributed by atoms with Gasteiger partial charge in [0.25, 0.3) is 0 Å². The first-order valence-electron chi connectivity index (χ1n) is 7.61. The summed E-state index contributed by atoms with van der Waals surface area (Å²) >= 11 is 0. The normalized spacial score (nSPS) is 12.6. The molecule has 1 aromatic rings. The Morgan fingerprint density at radius 3 is 2.50 bits per heavy atom. The maximum absolute atomic E-state index is 11.8. The van der Waals surface area contributed by atoms with Crippen LogP contribution in [0.15, 0.2) is 30.3 Å². The third kappa shape index (κ3) is 6.55. The molecule has 0 bridgehead atoms. The Hall–Kier alpha value is -1.57. The van der Waals surface area contributed by atoms with Crippen molar-refractivity contribution in [2.24, 2.45) is 0 Å². The number of benzene rings is 1.